The second kappa shape index (κ2) is 9.64. The van der Waals surface area contributed by atoms with Gasteiger partial charge in [-0.05, 0) is 52.6 Å². The molecule has 2 aliphatic heterocycles. The molecule has 7 heteroatoms. The van der Waals surface area contributed by atoms with Crippen LogP contribution < -0.4 is 20.7 Å². The summed E-state index contributed by atoms with van der Waals surface area (Å²) < 4.78 is 5.98. The molecule has 3 N–H and O–H groups in total. The zero-order valence-corrected chi connectivity index (χ0v) is 19.6. The fourth-order valence-corrected chi connectivity index (χ4v) is 4.56. The summed E-state index contributed by atoms with van der Waals surface area (Å²) in [6.45, 7) is 2.44. The third-order valence-electron chi connectivity index (χ3n) is 6.35. The Labute approximate surface area is 209 Å². The molecule has 0 saturated heterocycles. The Bertz CT molecular complexity index is 1480. The monoisotopic (exact) mass is 475 g/mol. The molecule has 0 aliphatic carbocycles. The van der Waals surface area contributed by atoms with Gasteiger partial charge in [0.25, 0.3) is 5.91 Å². The second-order valence-electron chi connectivity index (χ2n) is 8.80. The molecule has 6 rings (SSSR count). The van der Waals surface area contributed by atoms with Crippen LogP contribution in [0.25, 0.3) is 27.8 Å². The number of aromatic nitrogens is 2. The van der Waals surface area contributed by atoms with E-state index in [2.05, 4.69) is 50.2 Å². The molecule has 0 spiro atoms. The fraction of sp³-hybridized carbons (Fsp3) is 0.138. The number of nitrogens with zero attached hydrogens (tertiary/aromatic N) is 2. The van der Waals surface area contributed by atoms with Crippen molar-refractivity contribution in [3.63, 3.8) is 0 Å². The number of fused-ring (bicyclic) bond motifs is 9. The summed E-state index contributed by atoms with van der Waals surface area (Å²) in [5, 5.41) is 9.83. The van der Waals surface area contributed by atoms with E-state index >= 15 is 0 Å². The maximum absolute atomic E-state index is 13.5. The lowest BCUT2D eigenvalue weighted by molar-refractivity contribution is -0.111. The topological polar surface area (TPSA) is 88.2 Å². The number of ether oxygens (including phenoxy) is 1. The number of benzene rings is 2. The van der Waals surface area contributed by atoms with Gasteiger partial charge in [0.2, 0.25) is 0 Å². The van der Waals surface area contributed by atoms with Gasteiger partial charge in [-0.3, -0.25) is 14.8 Å². The van der Waals surface area contributed by atoms with Crippen LogP contribution in [-0.2, 0) is 11.3 Å². The number of anilines is 2. The van der Waals surface area contributed by atoms with Crippen LogP contribution in [-0.4, -0.2) is 35.6 Å². The normalized spacial score (nSPS) is 15.0. The van der Waals surface area contributed by atoms with E-state index in [1.54, 1.807) is 18.6 Å². The Balaban J connectivity index is 1.45. The van der Waals surface area contributed by atoms with Crippen LogP contribution in [0.3, 0.4) is 0 Å². The molecule has 0 fully saturated rings. The molecular formula is C29H25N5O2. The Morgan fingerprint density at radius 3 is 2.50 bits per heavy atom. The molecule has 178 valence electrons. The standard InChI is InChI=1S/C29H25N5O2/c35-29-27-6-7-30-14-21-5-4-20(13-28(21)27)22-10-24(17-31-15-22)33-8-9-36-26-3-1-2-19(12-26)23-11-25(34-29)18-32-16-23/h1-6,10-13,15-18,30,33H,7-9,14H2,(H,34,35). The lowest BCUT2D eigenvalue weighted by Gasteiger charge is -2.14. The maximum atomic E-state index is 13.5. The summed E-state index contributed by atoms with van der Waals surface area (Å²) in [4.78, 5) is 22.3. The van der Waals surface area contributed by atoms with Gasteiger partial charge in [0.05, 0.1) is 17.6 Å². The van der Waals surface area contributed by atoms with Gasteiger partial charge in [0.1, 0.15) is 12.4 Å². The van der Waals surface area contributed by atoms with Crippen molar-refractivity contribution < 1.29 is 9.53 Å². The number of nitrogens with one attached hydrogen (secondary N) is 3. The highest BCUT2D eigenvalue weighted by Gasteiger charge is 2.19. The molecule has 7 nitrogen and oxygen atoms in total. The minimum absolute atomic E-state index is 0.167. The number of hydrogen-bond acceptors (Lipinski definition) is 6. The largest absolute Gasteiger partial charge is 0.492 e. The van der Waals surface area contributed by atoms with Gasteiger partial charge in [-0.25, -0.2) is 0 Å². The molecule has 8 bridgehead atoms. The molecule has 4 heterocycles. The van der Waals surface area contributed by atoms with E-state index < -0.39 is 0 Å². The van der Waals surface area contributed by atoms with Crippen LogP contribution in [0, 0.1) is 0 Å². The number of carbonyl (C=O) groups excluding carboxylic acids is 1. The first-order valence-electron chi connectivity index (χ1n) is 12.0. The van der Waals surface area contributed by atoms with Gasteiger partial charge in [-0.1, -0.05) is 30.3 Å². The van der Waals surface area contributed by atoms with Crippen molar-refractivity contribution in [2.24, 2.45) is 0 Å². The van der Waals surface area contributed by atoms with E-state index in [9.17, 15) is 4.79 Å². The molecule has 4 aromatic rings. The molecule has 0 radical (unpaired) electrons. The van der Waals surface area contributed by atoms with Crippen LogP contribution >= 0.6 is 0 Å². The van der Waals surface area contributed by atoms with Crippen LogP contribution in [0.4, 0.5) is 11.4 Å². The van der Waals surface area contributed by atoms with E-state index in [4.69, 9.17) is 4.74 Å². The molecule has 36 heavy (non-hydrogen) atoms. The number of amides is 1. The van der Waals surface area contributed by atoms with E-state index in [0.717, 1.165) is 44.8 Å². The molecule has 2 aromatic heterocycles. The van der Waals surface area contributed by atoms with Gasteiger partial charge in [0.15, 0.2) is 0 Å². The summed E-state index contributed by atoms with van der Waals surface area (Å²) in [6.07, 6.45) is 9.04. The fourth-order valence-electron chi connectivity index (χ4n) is 4.56. The maximum Gasteiger partial charge on any atom is 0.256 e. The summed E-state index contributed by atoms with van der Waals surface area (Å²) >= 11 is 0. The summed E-state index contributed by atoms with van der Waals surface area (Å²) in [5.74, 6) is 0.604. The predicted molar refractivity (Wildman–Crippen MR) is 142 cm³/mol. The van der Waals surface area contributed by atoms with Gasteiger partial charge in [-0.2, -0.15) is 0 Å². The first-order valence-corrected chi connectivity index (χ1v) is 12.0. The van der Waals surface area contributed by atoms with Crippen LogP contribution in [0.1, 0.15) is 11.1 Å². The Hall–Kier alpha value is -4.49. The van der Waals surface area contributed by atoms with E-state index in [1.807, 2.05) is 42.6 Å². The van der Waals surface area contributed by atoms with Crippen LogP contribution in [0.2, 0.25) is 0 Å². The Kier molecular flexibility index (Phi) is 5.89. The van der Waals surface area contributed by atoms with Gasteiger partial charge in [-0.15, -0.1) is 0 Å². The van der Waals surface area contributed by atoms with Crippen molar-refractivity contribution in [1.29, 1.82) is 0 Å². The number of hydrogen-bond donors (Lipinski definition) is 3. The lowest BCUT2D eigenvalue weighted by atomic mass is 9.94. The molecule has 0 saturated carbocycles. The smallest absolute Gasteiger partial charge is 0.256 e. The second-order valence-corrected chi connectivity index (χ2v) is 8.80. The third kappa shape index (κ3) is 4.56. The molecule has 0 unspecified atom stereocenters. The van der Waals surface area contributed by atoms with Gasteiger partial charge >= 0.3 is 0 Å². The average molecular weight is 476 g/mol. The number of pyridine rings is 2. The highest BCUT2D eigenvalue weighted by atomic mass is 16.5. The molecule has 2 aliphatic rings. The quantitative estimate of drug-likeness (QED) is 0.341. The predicted octanol–water partition coefficient (Wildman–Crippen LogP) is 4.74. The zero-order valence-electron chi connectivity index (χ0n) is 19.6. The van der Waals surface area contributed by atoms with Gasteiger partial charge in [0, 0.05) is 54.9 Å². The SMILES string of the molecule is O=C1Nc2cncc(c2)-c2cccc(c2)OCCNc2cncc(c2)-c2ccc3c(c2)C1=CCNC3. The first-order chi connectivity index (χ1) is 17.7. The van der Waals surface area contributed by atoms with Crippen molar-refractivity contribution in [1.82, 2.24) is 15.3 Å². The zero-order chi connectivity index (χ0) is 24.3. The summed E-state index contributed by atoms with van der Waals surface area (Å²) in [7, 11) is 0. The Morgan fingerprint density at radius 1 is 0.806 bits per heavy atom. The van der Waals surface area contributed by atoms with E-state index in [1.165, 1.54) is 0 Å². The minimum atomic E-state index is -0.167. The van der Waals surface area contributed by atoms with Crippen LogP contribution in [0.5, 0.6) is 5.75 Å². The number of carbonyl (C=O) groups is 1. The number of rotatable bonds is 0. The van der Waals surface area contributed by atoms with Gasteiger partial charge < -0.3 is 20.7 Å². The Morgan fingerprint density at radius 2 is 1.61 bits per heavy atom. The first kappa shape index (κ1) is 22.0. The van der Waals surface area contributed by atoms with Crippen molar-refractivity contribution in [3.8, 4) is 28.0 Å². The molecule has 0 atom stereocenters. The molecule has 2 aromatic carbocycles. The molecule has 1 amide bonds. The van der Waals surface area contributed by atoms with Crippen molar-refractivity contribution in [2.75, 3.05) is 30.3 Å². The minimum Gasteiger partial charge on any atom is -0.492 e. The van der Waals surface area contributed by atoms with E-state index in [-0.39, 0.29) is 5.91 Å². The highest BCUT2D eigenvalue weighted by Crippen LogP contribution is 2.31. The lowest BCUT2D eigenvalue weighted by Crippen LogP contribution is -2.15. The van der Waals surface area contributed by atoms with Crippen molar-refractivity contribution in [3.05, 3.63) is 96.6 Å². The van der Waals surface area contributed by atoms with Crippen LogP contribution in [0.15, 0.2) is 85.5 Å². The van der Waals surface area contributed by atoms with E-state index in [0.29, 0.717) is 37.5 Å². The summed E-state index contributed by atoms with van der Waals surface area (Å²) in [6, 6.07) is 18.1. The molecular weight excluding hydrogens is 450 g/mol. The van der Waals surface area contributed by atoms with Crippen molar-refractivity contribution >= 4 is 22.9 Å². The third-order valence-corrected chi connectivity index (χ3v) is 6.35. The highest BCUT2D eigenvalue weighted by molar-refractivity contribution is 6.25. The average Bonchev–Trinajstić information content (AvgIpc) is 3.13. The van der Waals surface area contributed by atoms with Crippen molar-refractivity contribution in [2.45, 2.75) is 6.54 Å². The summed E-state index contributed by atoms with van der Waals surface area (Å²) in [5.41, 5.74) is 8.01.